The minimum atomic E-state index is 1.03. The molecule has 4 aromatic rings. The van der Waals surface area contributed by atoms with E-state index in [1.54, 1.807) is 0 Å². The Bertz CT molecular complexity index is 1170. The Hall–Kier alpha value is -3.12. The summed E-state index contributed by atoms with van der Waals surface area (Å²) >= 11 is 0. The van der Waals surface area contributed by atoms with Crippen LogP contribution in [0.15, 0.2) is 78.9 Å². The first kappa shape index (κ1) is 17.0. The molecule has 0 unspecified atom stereocenters. The van der Waals surface area contributed by atoms with Gasteiger partial charge < -0.3 is 0 Å². The molecule has 0 heteroatoms. The van der Waals surface area contributed by atoms with Crippen LogP contribution in [0.2, 0.25) is 0 Å². The summed E-state index contributed by atoms with van der Waals surface area (Å²) in [7, 11) is 0. The average Bonchev–Trinajstić information content (AvgIpc) is 3.05. The Kier molecular flexibility index (Phi) is 3.94. The monoisotopic (exact) mass is 360 g/mol. The van der Waals surface area contributed by atoms with E-state index in [-0.39, 0.29) is 0 Å². The molecule has 0 saturated carbocycles. The van der Waals surface area contributed by atoms with Gasteiger partial charge in [0.05, 0.1) is 0 Å². The predicted molar refractivity (Wildman–Crippen MR) is 120 cm³/mol. The molecule has 0 aliphatic heterocycles. The zero-order chi connectivity index (χ0) is 19.3. The second-order valence-corrected chi connectivity index (χ2v) is 8.06. The molecule has 0 amide bonds. The Morgan fingerprint density at radius 1 is 0.536 bits per heavy atom. The zero-order valence-corrected chi connectivity index (χ0v) is 16.7. The third-order valence-electron chi connectivity index (χ3n) is 5.96. The third kappa shape index (κ3) is 2.77. The molecule has 0 aromatic heterocycles. The summed E-state index contributed by atoms with van der Waals surface area (Å²) in [5, 5.41) is 0. The van der Waals surface area contributed by atoms with E-state index >= 15 is 0 Å². The number of rotatable bonds is 2. The van der Waals surface area contributed by atoms with Gasteiger partial charge in [0, 0.05) is 0 Å². The van der Waals surface area contributed by atoms with Gasteiger partial charge in [0.25, 0.3) is 0 Å². The SMILES string of the molecule is Cc1cc(C)c(-c2ccc3c(c2)-c2cc(-c4ccccc4)ccc2C3)c(C)c1. The fourth-order valence-electron chi connectivity index (χ4n) is 4.77. The number of fused-ring (bicyclic) bond motifs is 3. The van der Waals surface area contributed by atoms with Crippen molar-refractivity contribution in [2.24, 2.45) is 0 Å². The predicted octanol–water partition coefficient (Wildman–Crippen LogP) is 7.52. The van der Waals surface area contributed by atoms with Crippen molar-refractivity contribution in [1.82, 2.24) is 0 Å². The lowest BCUT2D eigenvalue weighted by Gasteiger charge is -2.13. The lowest BCUT2D eigenvalue weighted by molar-refractivity contribution is 1.26. The van der Waals surface area contributed by atoms with E-state index in [1.807, 2.05) is 0 Å². The maximum Gasteiger partial charge on any atom is -0.00134 e. The summed E-state index contributed by atoms with van der Waals surface area (Å²) in [6, 6.07) is 29.2. The van der Waals surface area contributed by atoms with Crippen molar-refractivity contribution in [3.63, 3.8) is 0 Å². The van der Waals surface area contributed by atoms with Crippen LogP contribution in [0, 0.1) is 20.8 Å². The van der Waals surface area contributed by atoms with Gasteiger partial charge in [0.1, 0.15) is 0 Å². The van der Waals surface area contributed by atoms with E-state index in [1.165, 1.54) is 61.2 Å². The second-order valence-electron chi connectivity index (χ2n) is 8.06. The molecule has 0 fully saturated rings. The van der Waals surface area contributed by atoms with Gasteiger partial charge in [-0.3, -0.25) is 0 Å². The lowest BCUT2D eigenvalue weighted by Crippen LogP contribution is -1.91. The first-order chi connectivity index (χ1) is 13.6. The molecule has 0 radical (unpaired) electrons. The molecule has 1 aliphatic rings. The van der Waals surface area contributed by atoms with Crippen molar-refractivity contribution in [3.8, 4) is 33.4 Å². The molecule has 0 saturated heterocycles. The smallest absolute Gasteiger partial charge is 0.00134 e. The van der Waals surface area contributed by atoms with Crippen LogP contribution in [0.5, 0.6) is 0 Å². The Morgan fingerprint density at radius 3 is 1.75 bits per heavy atom. The molecule has 0 heterocycles. The molecule has 0 nitrogen and oxygen atoms in total. The molecule has 0 bridgehead atoms. The summed E-state index contributed by atoms with van der Waals surface area (Å²) in [6.45, 7) is 6.63. The average molecular weight is 361 g/mol. The summed E-state index contributed by atoms with van der Waals surface area (Å²) in [5.74, 6) is 0. The van der Waals surface area contributed by atoms with Gasteiger partial charge in [-0.15, -0.1) is 0 Å². The Balaban J connectivity index is 1.65. The number of benzene rings is 4. The van der Waals surface area contributed by atoms with Crippen molar-refractivity contribution < 1.29 is 0 Å². The van der Waals surface area contributed by atoms with Crippen molar-refractivity contribution in [3.05, 3.63) is 107 Å². The van der Waals surface area contributed by atoms with Crippen LogP contribution in [0.1, 0.15) is 27.8 Å². The fraction of sp³-hybridized carbons (Fsp3) is 0.143. The highest BCUT2D eigenvalue weighted by Crippen LogP contribution is 2.41. The lowest BCUT2D eigenvalue weighted by atomic mass is 9.91. The van der Waals surface area contributed by atoms with Crippen molar-refractivity contribution in [2.75, 3.05) is 0 Å². The highest BCUT2D eigenvalue weighted by atomic mass is 14.2. The van der Waals surface area contributed by atoms with E-state index in [0.717, 1.165) is 6.42 Å². The molecule has 1 aliphatic carbocycles. The maximum atomic E-state index is 2.40. The van der Waals surface area contributed by atoms with Crippen molar-refractivity contribution in [1.29, 1.82) is 0 Å². The van der Waals surface area contributed by atoms with Crippen LogP contribution in [-0.4, -0.2) is 0 Å². The quantitative estimate of drug-likeness (QED) is 0.305. The highest BCUT2D eigenvalue weighted by molar-refractivity contribution is 5.85. The van der Waals surface area contributed by atoms with Crippen LogP contribution in [0.25, 0.3) is 33.4 Å². The minimum absolute atomic E-state index is 1.03. The summed E-state index contributed by atoms with van der Waals surface area (Å²) < 4.78 is 0. The molecule has 0 atom stereocenters. The topological polar surface area (TPSA) is 0 Å². The van der Waals surface area contributed by atoms with E-state index in [4.69, 9.17) is 0 Å². The fourth-order valence-corrected chi connectivity index (χ4v) is 4.77. The summed E-state index contributed by atoms with van der Waals surface area (Å²) in [6.07, 6.45) is 1.03. The zero-order valence-electron chi connectivity index (χ0n) is 16.7. The number of aryl methyl sites for hydroxylation is 3. The van der Waals surface area contributed by atoms with Gasteiger partial charge in [-0.2, -0.15) is 0 Å². The largest absolute Gasteiger partial charge is 0.0622 e. The van der Waals surface area contributed by atoms with E-state index < -0.39 is 0 Å². The van der Waals surface area contributed by atoms with Crippen molar-refractivity contribution >= 4 is 0 Å². The first-order valence-electron chi connectivity index (χ1n) is 10.00. The highest BCUT2D eigenvalue weighted by Gasteiger charge is 2.20. The maximum absolute atomic E-state index is 2.40. The van der Waals surface area contributed by atoms with Gasteiger partial charge in [-0.25, -0.2) is 0 Å². The van der Waals surface area contributed by atoms with Crippen LogP contribution in [0.3, 0.4) is 0 Å². The molecule has 0 spiro atoms. The van der Waals surface area contributed by atoms with E-state index in [9.17, 15) is 0 Å². The standard InChI is InChI=1S/C28H24/c1-18-13-19(2)28(20(3)14-18)25-12-11-24-15-23-10-9-22(16-26(23)27(24)17-25)21-7-5-4-6-8-21/h4-14,16-17H,15H2,1-3H3. The second kappa shape index (κ2) is 6.49. The van der Waals surface area contributed by atoms with Gasteiger partial charge in [0.15, 0.2) is 0 Å². The molecule has 5 rings (SSSR count). The summed E-state index contributed by atoms with van der Waals surface area (Å²) in [4.78, 5) is 0. The normalized spacial score (nSPS) is 12.0. The Labute approximate surface area is 167 Å². The van der Waals surface area contributed by atoms with Crippen LogP contribution in [-0.2, 0) is 6.42 Å². The van der Waals surface area contributed by atoms with E-state index in [0.29, 0.717) is 0 Å². The molecular weight excluding hydrogens is 336 g/mol. The van der Waals surface area contributed by atoms with Gasteiger partial charge in [-0.1, -0.05) is 72.3 Å². The molecule has 136 valence electrons. The number of hydrogen-bond donors (Lipinski definition) is 0. The van der Waals surface area contributed by atoms with Gasteiger partial charge in [0.2, 0.25) is 0 Å². The molecule has 0 N–H and O–H groups in total. The van der Waals surface area contributed by atoms with Crippen LogP contribution < -0.4 is 0 Å². The van der Waals surface area contributed by atoms with Crippen LogP contribution in [0.4, 0.5) is 0 Å². The molecule has 28 heavy (non-hydrogen) atoms. The molecule has 4 aromatic carbocycles. The van der Waals surface area contributed by atoms with Gasteiger partial charge in [-0.05, 0) is 95.0 Å². The molecular formula is C28H24. The number of hydrogen-bond acceptors (Lipinski definition) is 0. The Morgan fingerprint density at radius 2 is 1.11 bits per heavy atom. The van der Waals surface area contributed by atoms with Gasteiger partial charge >= 0.3 is 0 Å². The third-order valence-corrected chi connectivity index (χ3v) is 5.96. The minimum Gasteiger partial charge on any atom is -0.0622 e. The summed E-state index contributed by atoms with van der Waals surface area (Å²) in [5.41, 5.74) is 15.0. The van der Waals surface area contributed by atoms with Crippen LogP contribution >= 0.6 is 0 Å². The van der Waals surface area contributed by atoms with E-state index in [2.05, 4.69) is 99.6 Å². The van der Waals surface area contributed by atoms with Crippen molar-refractivity contribution in [2.45, 2.75) is 27.2 Å². The first-order valence-corrected chi connectivity index (χ1v) is 10.00.